The number of carbonyl (C=O) groups excluding carboxylic acids is 1. The summed E-state index contributed by atoms with van der Waals surface area (Å²) in [4.78, 5) is 16.0. The molecule has 0 bridgehead atoms. The Morgan fingerprint density at radius 2 is 1.91 bits per heavy atom. The Hall–Kier alpha value is -2.97. The van der Waals surface area contributed by atoms with E-state index in [4.69, 9.17) is 9.47 Å². The quantitative estimate of drug-likeness (QED) is 0.638. The van der Waals surface area contributed by atoms with Gasteiger partial charge < -0.3 is 29.4 Å². The van der Waals surface area contributed by atoms with Gasteiger partial charge in [0.25, 0.3) is 0 Å². The molecule has 0 saturated carbocycles. The highest BCUT2D eigenvalue weighted by atomic mass is 19.1. The van der Waals surface area contributed by atoms with E-state index < -0.39 is 0 Å². The molecule has 1 N–H and O–H groups in total. The van der Waals surface area contributed by atoms with Crippen LogP contribution in [0.5, 0.6) is 11.5 Å². The lowest BCUT2D eigenvalue weighted by Gasteiger charge is -2.34. The highest BCUT2D eigenvalue weighted by molar-refractivity contribution is 5.84. The van der Waals surface area contributed by atoms with E-state index in [1.54, 1.807) is 24.3 Å². The van der Waals surface area contributed by atoms with Crippen molar-refractivity contribution in [3.63, 3.8) is 0 Å². The third kappa shape index (κ3) is 4.08. The molecule has 35 heavy (non-hydrogen) atoms. The number of piperidine rings is 1. The molecule has 2 unspecified atom stereocenters. The number of fused-ring (bicyclic) bond motifs is 1. The Morgan fingerprint density at radius 1 is 1.09 bits per heavy atom. The van der Waals surface area contributed by atoms with Crippen LogP contribution in [-0.2, 0) is 11.3 Å². The van der Waals surface area contributed by atoms with Crippen molar-refractivity contribution in [3.8, 4) is 11.5 Å². The van der Waals surface area contributed by atoms with Crippen LogP contribution in [0.1, 0.15) is 35.4 Å². The molecule has 0 spiro atoms. The number of anilines is 1. The minimum absolute atomic E-state index is 0.0311. The monoisotopic (exact) mass is 481 g/mol. The zero-order chi connectivity index (χ0) is 23.9. The van der Waals surface area contributed by atoms with Gasteiger partial charge in [-0.25, -0.2) is 8.78 Å². The zero-order valence-electron chi connectivity index (χ0n) is 19.5. The molecule has 2 aromatic rings. The van der Waals surface area contributed by atoms with Crippen molar-refractivity contribution in [2.75, 3.05) is 44.3 Å². The number of nitrogens with zero attached hydrogens (tertiary/aromatic N) is 2. The molecule has 0 amide bonds. The van der Waals surface area contributed by atoms with E-state index in [0.717, 1.165) is 55.6 Å². The van der Waals surface area contributed by atoms with Gasteiger partial charge in [0.05, 0.1) is 5.69 Å². The van der Waals surface area contributed by atoms with Crippen molar-refractivity contribution >= 4 is 18.0 Å². The molecule has 1 fully saturated rings. The van der Waals surface area contributed by atoms with E-state index in [1.165, 1.54) is 0 Å². The fourth-order valence-electron chi connectivity index (χ4n) is 5.85. The summed E-state index contributed by atoms with van der Waals surface area (Å²) in [5.74, 6) is 0.172. The normalized spacial score (nSPS) is 23.4. The summed E-state index contributed by atoms with van der Waals surface area (Å²) in [7, 11) is 0. The highest BCUT2D eigenvalue weighted by Gasteiger charge is 2.38. The van der Waals surface area contributed by atoms with Gasteiger partial charge in [-0.2, -0.15) is 0 Å². The lowest BCUT2D eigenvalue weighted by atomic mass is 9.95. The summed E-state index contributed by atoms with van der Waals surface area (Å²) in [5.41, 5.74) is 3.19. The number of halogens is 2. The zero-order valence-corrected chi connectivity index (χ0v) is 19.5. The largest absolute Gasteiger partial charge is 0.486 e. The standard InChI is InChI=1S/C27H29F2N3O3/c28-22-5-2-17-1-4-21(16-33)32-15-19(24(22)26(17)32)14-31-9-7-20(8-10-31)30-13-18-3-6-23-27(25(18)29)35-12-11-34-23/h1-6,16,19-21,30H,7-15H2. The molecule has 0 radical (unpaired) electrons. The number of ether oxygens (including phenoxy) is 2. The first-order valence-corrected chi connectivity index (χ1v) is 12.4. The average molecular weight is 482 g/mol. The predicted molar refractivity (Wildman–Crippen MR) is 129 cm³/mol. The van der Waals surface area contributed by atoms with Gasteiger partial charge in [-0.3, -0.25) is 0 Å². The van der Waals surface area contributed by atoms with Crippen LogP contribution in [-0.4, -0.2) is 62.7 Å². The van der Waals surface area contributed by atoms with Gasteiger partial charge in [0.2, 0.25) is 0 Å². The first-order valence-electron chi connectivity index (χ1n) is 12.4. The SMILES string of the molecule is O=CC1C=Cc2ccc(F)c3c2N1CC3CN1CCC(NCc2ccc3c(c2F)OCCO3)CC1. The Labute approximate surface area is 203 Å². The summed E-state index contributed by atoms with van der Waals surface area (Å²) in [5, 5.41) is 3.49. The van der Waals surface area contributed by atoms with Crippen LogP contribution in [0, 0.1) is 11.6 Å². The van der Waals surface area contributed by atoms with Crippen molar-refractivity contribution in [1.82, 2.24) is 10.2 Å². The van der Waals surface area contributed by atoms with Crippen LogP contribution >= 0.6 is 0 Å². The van der Waals surface area contributed by atoms with Crippen molar-refractivity contribution < 1.29 is 23.0 Å². The molecule has 0 aromatic heterocycles. The van der Waals surface area contributed by atoms with Crippen molar-refractivity contribution in [2.45, 2.75) is 37.4 Å². The van der Waals surface area contributed by atoms with E-state index in [0.29, 0.717) is 43.7 Å². The number of hydrogen-bond acceptors (Lipinski definition) is 6. The third-order valence-electron chi connectivity index (χ3n) is 7.66. The highest BCUT2D eigenvalue weighted by Crippen LogP contribution is 2.44. The molecule has 0 aliphatic carbocycles. The maximum atomic E-state index is 14.9. The lowest BCUT2D eigenvalue weighted by Crippen LogP contribution is -2.44. The minimum atomic E-state index is -0.349. The summed E-state index contributed by atoms with van der Waals surface area (Å²) < 4.78 is 40.6. The molecule has 6 rings (SSSR count). The van der Waals surface area contributed by atoms with Crippen LogP contribution in [0.2, 0.25) is 0 Å². The Balaban J connectivity index is 1.06. The van der Waals surface area contributed by atoms with Crippen molar-refractivity contribution in [1.29, 1.82) is 0 Å². The molecule has 4 heterocycles. The van der Waals surface area contributed by atoms with Crippen LogP contribution < -0.4 is 19.7 Å². The third-order valence-corrected chi connectivity index (χ3v) is 7.66. The van der Waals surface area contributed by atoms with Crippen LogP contribution in [0.4, 0.5) is 14.5 Å². The molecule has 4 aliphatic rings. The minimum Gasteiger partial charge on any atom is -0.486 e. The number of likely N-dealkylation sites (tertiary alicyclic amines) is 1. The fraction of sp³-hybridized carbons (Fsp3) is 0.444. The van der Waals surface area contributed by atoms with Gasteiger partial charge in [0.1, 0.15) is 31.4 Å². The summed E-state index contributed by atoms with van der Waals surface area (Å²) in [6.07, 6.45) is 6.63. The van der Waals surface area contributed by atoms with E-state index in [9.17, 15) is 13.6 Å². The molecule has 2 aromatic carbocycles. The molecule has 4 aliphatic heterocycles. The first kappa shape index (κ1) is 22.5. The lowest BCUT2D eigenvalue weighted by molar-refractivity contribution is -0.108. The Bertz CT molecular complexity index is 1160. The number of nitrogens with one attached hydrogen (secondary N) is 1. The van der Waals surface area contributed by atoms with Crippen LogP contribution in [0.25, 0.3) is 6.08 Å². The van der Waals surface area contributed by atoms with Gasteiger partial charge >= 0.3 is 0 Å². The summed E-state index contributed by atoms with van der Waals surface area (Å²) >= 11 is 0. The average Bonchev–Trinajstić information content (AvgIpc) is 3.27. The van der Waals surface area contributed by atoms with Gasteiger partial charge in [0, 0.05) is 42.7 Å². The van der Waals surface area contributed by atoms with Gasteiger partial charge in [-0.1, -0.05) is 18.2 Å². The first-order chi connectivity index (χ1) is 17.1. The molecule has 1 saturated heterocycles. The second-order valence-corrected chi connectivity index (χ2v) is 9.75. The maximum absolute atomic E-state index is 14.9. The maximum Gasteiger partial charge on any atom is 0.197 e. The van der Waals surface area contributed by atoms with Gasteiger partial charge in [-0.05, 0) is 49.7 Å². The fourth-order valence-corrected chi connectivity index (χ4v) is 5.85. The molecule has 2 atom stereocenters. The van der Waals surface area contributed by atoms with Crippen molar-refractivity contribution in [3.05, 3.63) is 58.7 Å². The van der Waals surface area contributed by atoms with E-state index in [-0.39, 0.29) is 29.3 Å². The molecule has 6 nitrogen and oxygen atoms in total. The molecule has 8 heteroatoms. The van der Waals surface area contributed by atoms with Crippen molar-refractivity contribution in [2.24, 2.45) is 0 Å². The van der Waals surface area contributed by atoms with Crippen LogP contribution in [0.15, 0.2) is 30.3 Å². The summed E-state index contributed by atoms with van der Waals surface area (Å²) in [6, 6.07) is 6.83. The number of aldehydes is 1. The van der Waals surface area contributed by atoms with Gasteiger partial charge in [0.15, 0.2) is 17.3 Å². The molecule has 184 valence electrons. The summed E-state index contributed by atoms with van der Waals surface area (Å²) in [6.45, 7) is 4.44. The van der Waals surface area contributed by atoms with Crippen LogP contribution in [0.3, 0.4) is 0 Å². The van der Waals surface area contributed by atoms with E-state index in [2.05, 4.69) is 10.2 Å². The Kier molecular flexibility index (Phi) is 5.94. The predicted octanol–water partition coefficient (Wildman–Crippen LogP) is 3.49. The number of hydrogen-bond donors (Lipinski definition) is 1. The van der Waals surface area contributed by atoms with E-state index in [1.807, 2.05) is 17.1 Å². The molecular weight excluding hydrogens is 452 g/mol. The smallest absolute Gasteiger partial charge is 0.197 e. The second kappa shape index (κ2) is 9.24. The number of rotatable bonds is 6. The topological polar surface area (TPSA) is 54.0 Å². The number of benzene rings is 2. The van der Waals surface area contributed by atoms with E-state index >= 15 is 0 Å². The molecular formula is C27H29F2N3O3. The van der Waals surface area contributed by atoms with Gasteiger partial charge in [-0.15, -0.1) is 0 Å². The second-order valence-electron chi connectivity index (χ2n) is 9.75. The Morgan fingerprint density at radius 3 is 2.74 bits per heavy atom. The number of carbonyl (C=O) groups is 1.